The Bertz CT molecular complexity index is 929. The van der Waals surface area contributed by atoms with Crippen LogP contribution in [0.3, 0.4) is 0 Å². The molecule has 0 spiro atoms. The summed E-state index contributed by atoms with van der Waals surface area (Å²) in [6, 6.07) is 10.0. The average molecular weight is 347 g/mol. The monoisotopic (exact) mass is 347 g/mol. The summed E-state index contributed by atoms with van der Waals surface area (Å²) >= 11 is 1.10. The molecule has 1 aliphatic rings. The molecule has 5 nitrogen and oxygen atoms in total. The van der Waals surface area contributed by atoms with Crippen LogP contribution in [0.15, 0.2) is 36.4 Å². The van der Waals surface area contributed by atoms with E-state index in [2.05, 4.69) is 18.8 Å². The van der Waals surface area contributed by atoms with Crippen molar-refractivity contribution in [1.29, 1.82) is 0 Å². The minimum absolute atomic E-state index is 0.0682. The summed E-state index contributed by atoms with van der Waals surface area (Å²) in [5, 5.41) is 2.84. The minimum atomic E-state index is -2.89. The van der Waals surface area contributed by atoms with Gasteiger partial charge < -0.3 is 10.1 Å². The van der Waals surface area contributed by atoms with Crippen molar-refractivity contribution >= 4 is 34.4 Å². The van der Waals surface area contributed by atoms with Crippen molar-refractivity contribution in [2.75, 3.05) is 5.32 Å². The fourth-order valence-electron chi connectivity index (χ4n) is 3.01. The van der Waals surface area contributed by atoms with Gasteiger partial charge in [0.25, 0.3) is 0 Å². The van der Waals surface area contributed by atoms with Gasteiger partial charge in [-0.25, -0.2) is 0 Å². The predicted molar refractivity (Wildman–Crippen MR) is 85.6 cm³/mol. The van der Waals surface area contributed by atoms with E-state index in [-0.39, 0.29) is 24.0 Å². The van der Waals surface area contributed by atoms with Crippen LogP contribution in [0.2, 0.25) is 0 Å². The number of nitrogens with one attached hydrogen (secondary N) is 1. The van der Waals surface area contributed by atoms with Gasteiger partial charge in [0.1, 0.15) is 16.8 Å². The molecule has 0 saturated heterocycles. The van der Waals surface area contributed by atoms with Gasteiger partial charge in [-0.3, -0.25) is 4.79 Å². The molecule has 0 aliphatic carbocycles. The number of amides is 1. The molecule has 3 aromatic rings. The van der Waals surface area contributed by atoms with Gasteiger partial charge in [0.2, 0.25) is 5.91 Å². The summed E-state index contributed by atoms with van der Waals surface area (Å²) < 4.78 is 37.9. The number of ether oxygens (including phenoxy) is 1. The molecule has 8 heteroatoms. The van der Waals surface area contributed by atoms with E-state index in [1.165, 1.54) is 12.1 Å². The molecule has 4 rings (SSSR count). The molecule has 122 valence electrons. The second-order valence-corrected chi connectivity index (χ2v) is 5.94. The van der Waals surface area contributed by atoms with Crippen molar-refractivity contribution in [3.63, 3.8) is 0 Å². The van der Waals surface area contributed by atoms with E-state index in [0.717, 1.165) is 33.9 Å². The minimum Gasteiger partial charge on any atom is -0.435 e. The molecule has 1 N–H and O–H groups in total. The van der Waals surface area contributed by atoms with E-state index in [1.807, 2.05) is 0 Å². The lowest BCUT2D eigenvalue weighted by Gasteiger charge is -2.26. The van der Waals surface area contributed by atoms with E-state index in [4.69, 9.17) is 0 Å². The van der Waals surface area contributed by atoms with Crippen LogP contribution in [-0.4, -0.2) is 21.3 Å². The molecule has 1 aliphatic heterocycles. The van der Waals surface area contributed by atoms with Crippen molar-refractivity contribution in [1.82, 2.24) is 8.75 Å². The number of halogens is 2. The van der Waals surface area contributed by atoms with Crippen LogP contribution in [0.25, 0.3) is 11.0 Å². The Kier molecular flexibility index (Phi) is 3.61. The highest BCUT2D eigenvalue weighted by atomic mass is 32.1. The molecular weight excluding hydrogens is 336 g/mol. The van der Waals surface area contributed by atoms with Gasteiger partial charge >= 0.3 is 6.61 Å². The Labute approximate surface area is 139 Å². The third kappa shape index (κ3) is 2.58. The molecule has 2 heterocycles. The normalized spacial score (nSPS) is 17.0. The van der Waals surface area contributed by atoms with Crippen LogP contribution in [0.4, 0.5) is 14.5 Å². The highest BCUT2D eigenvalue weighted by Gasteiger charge is 2.30. The zero-order valence-corrected chi connectivity index (χ0v) is 13.0. The largest absolute Gasteiger partial charge is 0.435 e. The predicted octanol–water partition coefficient (Wildman–Crippen LogP) is 3.77. The van der Waals surface area contributed by atoms with Gasteiger partial charge in [-0.1, -0.05) is 12.1 Å². The van der Waals surface area contributed by atoms with Gasteiger partial charge in [0.05, 0.1) is 11.7 Å². The molecule has 2 aromatic carbocycles. The lowest BCUT2D eigenvalue weighted by molar-refractivity contribution is -0.116. The molecule has 1 aromatic heterocycles. The van der Waals surface area contributed by atoms with Gasteiger partial charge in [0.15, 0.2) is 0 Å². The third-order valence-electron chi connectivity index (χ3n) is 3.96. The molecule has 1 amide bonds. The number of alkyl halides is 2. The fraction of sp³-hybridized carbons (Fsp3) is 0.188. The number of hydrogen-bond donors (Lipinski definition) is 1. The number of aromatic nitrogens is 2. The lowest BCUT2D eigenvalue weighted by Crippen LogP contribution is -2.23. The zero-order valence-electron chi connectivity index (χ0n) is 12.2. The Balaban J connectivity index is 1.85. The zero-order chi connectivity index (χ0) is 16.7. The first kappa shape index (κ1) is 14.9. The van der Waals surface area contributed by atoms with E-state index >= 15 is 0 Å². The second kappa shape index (κ2) is 5.79. The number of rotatable bonds is 3. The summed E-state index contributed by atoms with van der Waals surface area (Å²) in [6.07, 6.45) is 0.210. The van der Waals surface area contributed by atoms with Gasteiger partial charge in [-0.15, -0.1) is 0 Å². The van der Waals surface area contributed by atoms with Gasteiger partial charge in [-0.05, 0) is 29.8 Å². The van der Waals surface area contributed by atoms with Crippen LogP contribution in [-0.2, 0) is 4.79 Å². The Morgan fingerprint density at radius 3 is 2.96 bits per heavy atom. The van der Waals surface area contributed by atoms with Crippen molar-refractivity contribution in [3.05, 3.63) is 47.5 Å². The van der Waals surface area contributed by atoms with E-state index < -0.39 is 6.61 Å². The number of hydrogen-bond acceptors (Lipinski definition) is 5. The van der Waals surface area contributed by atoms with Crippen LogP contribution in [0.1, 0.15) is 23.5 Å². The van der Waals surface area contributed by atoms with Gasteiger partial charge in [-0.2, -0.15) is 17.5 Å². The Hall–Kier alpha value is -2.61. The second-order valence-electron chi connectivity index (χ2n) is 5.41. The van der Waals surface area contributed by atoms with E-state index in [1.54, 1.807) is 24.3 Å². The summed E-state index contributed by atoms with van der Waals surface area (Å²) in [5.41, 5.74) is 3.74. The fourth-order valence-corrected chi connectivity index (χ4v) is 3.56. The van der Waals surface area contributed by atoms with Crippen molar-refractivity contribution in [2.45, 2.75) is 19.0 Å². The van der Waals surface area contributed by atoms with Crippen LogP contribution < -0.4 is 10.1 Å². The molecule has 1 atom stereocenters. The molecule has 0 radical (unpaired) electrons. The first-order chi connectivity index (χ1) is 11.6. The number of anilines is 1. The number of nitrogens with zero attached hydrogens (tertiary/aromatic N) is 2. The Morgan fingerprint density at radius 2 is 2.12 bits per heavy atom. The average Bonchev–Trinajstić information content (AvgIpc) is 3.02. The molecule has 1 unspecified atom stereocenters. The van der Waals surface area contributed by atoms with Crippen molar-refractivity contribution in [3.8, 4) is 5.75 Å². The molecule has 24 heavy (non-hydrogen) atoms. The van der Waals surface area contributed by atoms with Crippen molar-refractivity contribution < 1.29 is 18.3 Å². The lowest BCUT2D eigenvalue weighted by atomic mass is 9.84. The highest BCUT2D eigenvalue weighted by molar-refractivity contribution is 7.00. The summed E-state index contributed by atoms with van der Waals surface area (Å²) in [6.45, 7) is -2.89. The maximum atomic E-state index is 12.5. The number of carbonyl (C=O) groups is 1. The standard InChI is InChI=1S/C16H11F2N3O2S/c17-16(18)23-9-3-1-2-8(6-9)10-7-13(22)19-11-4-5-12-15(14(10)11)21-24-20-12/h1-6,10,16H,7H2,(H,19,22). The molecule has 0 fully saturated rings. The van der Waals surface area contributed by atoms with Crippen LogP contribution >= 0.6 is 11.7 Å². The van der Waals surface area contributed by atoms with Crippen LogP contribution in [0.5, 0.6) is 5.75 Å². The number of carbonyl (C=O) groups excluding carboxylic acids is 1. The first-order valence-electron chi connectivity index (χ1n) is 7.21. The van der Waals surface area contributed by atoms with Crippen LogP contribution in [0, 0.1) is 0 Å². The number of benzene rings is 2. The first-order valence-corrected chi connectivity index (χ1v) is 7.94. The van der Waals surface area contributed by atoms with Gasteiger partial charge in [0, 0.05) is 23.6 Å². The SMILES string of the molecule is O=C1CC(c2cccc(OC(F)F)c2)c2c(ccc3nsnc23)N1. The van der Waals surface area contributed by atoms with E-state index in [0.29, 0.717) is 5.69 Å². The van der Waals surface area contributed by atoms with Crippen molar-refractivity contribution in [2.24, 2.45) is 0 Å². The highest BCUT2D eigenvalue weighted by Crippen LogP contribution is 2.41. The summed E-state index contributed by atoms with van der Waals surface area (Å²) in [7, 11) is 0. The summed E-state index contributed by atoms with van der Waals surface area (Å²) in [4.78, 5) is 12.1. The number of fused-ring (bicyclic) bond motifs is 3. The summed E-state index contributed by atoms with van der Waals surface area (Å²) in [5.74, 6) is -0.351. The molecule has 0 bridgehead atoms. The topological polar surface area (TPSA) is 64.1 Å². The third-order valence-corrected chi connectivity index (χ3v) is 4.51. The quantitative estimate of drug-likeness (QED) is 0.783. The molecular formula is C16H11F2N3O2S. The Morgan fingerprint density at radius 1 is 1.25 bits per heavy atom. The maximum absolute atomic E-state index is 12.5. The maximum Gasteiger partial charge on any atom is 0.387 e. The molecule has 0 saturated carbocycles. The smallest absolute Gasteiger partial charge is 0.387 e. The van der Waals surface area contributed by atoms with E-state index in [9.17, 15) is 13.6 Å².